The Morgan fingerprint density at radius 1 is 1.47 bits per heavy atom. The lowest BCUT2D eigenvalue weighted by atomic mass is 10.1. The summed E-state index contributed by atoms with van der Waals surface area (Å²) < 4.78 is 40.8. The lowest BCUT2D eigenvalue weighted by Gasteiger charge is -2.06. The largest absolute Gasteiger partial charge is 0.435 e. The summed E-state index contributed by atoms with van der Waals surface area (Å²) in [6.45, 7) is -1.43. The molecule has 0 N–H and O–H groups in total. The molecular weight excluding hydrogens is 209 g/mol. The molecule has 0 aliphatic rings. The average Bonchev–Trinajstić information content (AvgIpc) is 2.19. The molecule has 0 radical (unpaired) electrons. The maximum Gasteiger partial charge on any atom is 0.387 e. The Hall–Kier alpha value is -1.52. The number of hydrogen-bond donors (Lipinski definition) is 0. The van der Waals surface area contributed by atoms with Gasteiger partial charge in [0.15, 0.2) is 5.78 Å². The number of halogens is 3. The molecule has 1 rings (SSSR count). The van der Waals surface area contributed by atoms with E-state index in [-0.39, 0.29) is 17.7 Å². The Kier molecular flexibility index (Phi) is 3.71. The van der Waals surface area contributed by atoms with E-state index in [1.807, 2.05) is 0 Å². The number of benzene rings is 1. The van der Waals surface area contributed by atoms with Gasteiger partial charge in [-0.2, -0.15) is 8.78 Å². The zero-order valence-corrected chi connectivity index (χ0v) is 7.97. The van der Waals surface area contributed by atoms with Gasteiger partial charge in [-0.25, -0.2) is 4.39 Å². The van der Waals surface area contributed by atoms with Crippen molar-refractivity contribution >= 4 is 5.78 Å². The van der Waals surface area contributed by atoms with Crippen LogP contribution in [0.25, 0.3) is 0 Å². The number of rotatable bonds is 4. The van der Waals surface area contributed by atoms with Crippen molar-refractivity contribution in [3.63, 3.8) is 0 Å². The molecule has 0 unspecified atom stereocenters. The molecule has 0 atom stereocenters. The molecule has 5 heteroatoms. The van der Waals surface area contributed by atoms with Crippen molar-refractivity contribution < 1.29 is 22.7 Å². The van der Waals surface area contributed by atoms with Crippen LogP contribution in [-0.4, -0.2) is 12.4 Å². The van der Waals surface area contributed by atoms with Gasteiger partial charge in [0.2, 0.25) is 0 Å². The van der Waals surface area contributed by atoms with E-state index in [0.717, 1.165) is 18.2 Å². The van der Waals surface area contributed by atoms with Crippen LogP contribution < -0.4 is 4.74 Å². The summed E-state index contributed by atoms with van der Waals surface area (Å²) in [5.41, 5.74) is -0.226. The van der Waals surface area contributed by atoms with Crippen LogP contribution in [0.4, 0.5) is 13.2 Å². The Labute approximate surface area is 84.7 Å². The van der Waals surface area contributed by atoms with E-state index in [2.05, 4.69) is 4.74 Å². The highest BCUT2D eigenvalue weighted by Crippen LogP contribution is 2.19. The van der Waals surface area contributed by atoms with Gasteiger partial charge in [0.25, 0.3) is 0 Å². The molecule has 0 fully saturated rings. The number of Topliss-reactive ketones (excluding diaryl/α,β-unsaturated/α-hetero) is 1. The zero-order valence-electron chi connectivity index (χ0n) is 7.97. The van der Waals surface area contributed by atoms with Crippen molar-refractivity contribution in [3.8, 4) is 5.75 Å². The fourth-order valence-electron chi connectivity index (χ4n) is 1.08. The average molecular weight is 218 g/mol. The Morgan fingerprint density at radius 3 is 2.67 bits per heavy atom. The summed E-state index contributed by atoms with van der Waals surface area (Å²) >= 11 is 0. The minimum atomic E-state index is -2.99. The lowest BCUT2D eigenvalue weighted by Crippen LogP contribution is -2.05. The molecule has 0 amide bonds. The number of alkyl halides is 2. The van der Waals surface area contributed by atoms with Gasteiger partial charge in [0, 0.05) is 6.42 Å². The van der Waals surface area contributed by atoms with E-state index < -0.39 is 18.2 Å². The van der Waals surface area contributed by atoms with Crippen molar-refractivity contribution in [2.75, 3.05) is 0 Å². The molecule has 0 aliphatic heterocycles. The molecule has 0 spiro atoms. The maximum atomic E-state index is 13.1. The van der Waals surface area contributed by atoms with Crippen LogP contribution in [-0.2, 0) is 0 Å². The Morgan fingerprint density at radius 2 is 2.13 bits per heavy atom. The Bertz CT molecular complexity index is 364. The summed E-state index contributed by atoms with van der Waals surface area (Å²) in [6, 6.07) is 2.96. The van der Waals surface area contributed by atoms with Crippen molar-refractivity contribution in [1.29, 1.82) is 0 Å². The van der Waals surface area contributed by atoms with Crippen LogP contribution >= 0.6 is 0 Å². The van der Waals surface area contributed by atoms with E-state index in [1.54, 1.807) is 6.92 Å². The summed E-state index contributed by atoms with van der Waals surface area (Å²) in [5, 5.41) is 0. The monoisotopic (exact) mass is 218 g/mol. The van der Waals surface area contributed by atoms with Crippen molar-refractivity contribution in [2.45, 2.75) is 20.0 Å². The number of hydrogen-bond acceptors (Lipinski definition) is 2. The number of ketones is 1. The fourth-order valence-corrected chi connectivity index (χ4v) is 1.08. The first-order valence-corrected chi connectivity index (χ1v) is 4.32. The minimum absolute atomic E-state index is 0.106. The van der Waals surface area contributed by atoms with Crippen LogP contribution in [0.15, 0.2) is 18.2 Å². The molecule has 0 aromatic heterocycles. The van der Waals surface area contributed by atoms with Crippen LogP contribution in [0.5, 0.6) is 5.75 Å². The number of carbonyl (C=O) groups is 1. The molecule has 2 nitrogen and oxygen atoms in total. The molecule has 0 saturated carbocycles. The lowest BCUT2D eigenvalue weighted by molar-refractivity contribution is -0.0499. The highest BCUT2D eigenvalue weighted by atomic mass is 19.3. The third-order valence-electron chi connectivity index (χ3n) is 1.78. The molecular formula is C10H9F3O2. The van der Waals surface area contributed by atoms with Gasteiger partial charge >= 0.3 is 6.61 Å². The van der Waals surface area contributed by atoms with E-state index in [9.17, 15) is 18.0 Å². The minimum Gasteiger partial charge on any atom is -0.435 e. The fraction of sp³-hybridized carbons (Fsp3) is 0.300. The van der Waals surface area contributed by atoms with Gasteiger partial charge in [-0.15, -0.1) is 0 Å². The van der Waals surface area contributed by atoms with Gasteiger partial charge in [0.05, 0.1) is 5.56 Å². The van der Waals surface area contributed by atoms with Crippen LogP contribution in [0.1, 0.15) is 23.7 Å². The van der Waals surface area contributed by atoms with E-state index in [0.29, 0.717) is 0 Å². The standard InChI is InChI=1S/C10H9F3O2/c1-2-9(14)7-5-6(15-10(12)13)3-4-8(7)11/h3-5,10H,2H2,1H3. The first-order chi connectivity index (χ1) is 7.04. The molecule has 0 bridgehead atoms. The first kappa shape index (κ1) is 11.6. The SMILES string of the molecule is CCC(=O)c1cc(OC(F)F)ccc1F. The molecule has 0 heterocycles. The topological polar surface area (TPSA) is 26.3 Å². The third-order valence-corrected chi connectivity index (χ3v) is 1.78. The Balaban J connectivity index is 3.00. The van der Waals surface area contributed by atoms with Crippen molar-refractivity contribution in [3.05, 3.63) is 29.6 Å². The van der Waals surface area contributed by atoms with Crippen LogP contribution in [0.2, 0.25) is 0 Å². The smallest absolute Gasteiger partial charge is 0.387 e. The summed E-state index contributed by atoms with van der Waals surface area (Å²) in [7, 11) is 0. The predicted molar refractivity (Wildman–Crippen MR) is 47.7 cm³/mol. The van der Waals surface area contributed by atoms with E-state index in [4.69, 9.17) is 0 Å². The van der Waals surface area contributed by atoms with E-state index in [1.165, 1.54) is 0 Å². The summed E-state index contributed by atoms with van der Waals surface area (Å²) in [5.74, 6) is -1.40. The highest BCUT2D eigenvalue weighted by molar-refractivity contribution is 5.96. The summed E-state index contributed by atoms with van der Waals surface area (Å²) in [6.07, 6.45) is 0.106. The molecule has 15 heavy (non-hydrogen) atoms. The summed E-state index contributed by atoms with van der Waals surface area (Å²) in [4.78, 5) is 11.2. The maximum absolute atomic E-state index is 13.1. The zero-order chi connectivity index (χ0) is 11.4. The normalized spacial score (nSPS) is 10.5. The van der Waals surface area contributed by atoms with Gasteiger partial charge in [-0.05, 0) is 18.2 Å². The second kappa shape index (κ2) is 4.82. The van der Waals surface area contributed by atoms with Crippen molar-refractivity contribution in [2.24, 2.45) is 0 Å². The van der Waals surface area contributed by atoms with Gasteiger partial charge in [0.1, 0.15) is 11.6 Å². The molecule has 1 aromatic rings. The van der Waals surface area contributed by atoms with Gasteiger partial charge in [-0.1, -0.05) is 6.92 Å². The van der Waals surface area contributed by atoms with Crippen molar-refractivity contribution in [1.82, 2.24) is 0 Å². The second-order valence-corrected chi connectivity index (χ2v) is 2.80. The molecule has 0 saturated heterocycles. The molecule has 1 aromatic carbocycles. The number of carbonyl (C=O) groups excluding carboxylic acids is 1. The number of ether oxygens (including phenoxy) is 1. The second-order valence-electron chi connectivity index (χ2n) is 2.80. The first-order valence-electron chi connectivity index (χ1n) is 4.32. The highest BCUT2D eigenvalue weighted by Gasteiger charge is 2.12. The van der Waals surface area contributed by atoms with Crippen LogP contribution in [0, 0.1) is 5.82 Å². The van der Waals surface area contributed by atoms with E-state index >= 15 is 0 Å². The van der Waals surface area contributed by atoms with Gasteiger partial charge < -0.3 is 4.74 Å². The molecule has 0 aliphatic carbocycles. The van der Waals surface area contributed by atoms with Crippen LogP contribution in [0.3, 0.4) is 0 Å². The van der Waals surface area contributed by atoms with Gasteiger partial charge in [-0.3, -0.25) is 4.79 Å². The molecule has 82 valence electrons. The predicted octanol–water partition coefficient (Wildman–Crippen LogP) is 3.02. The third kappa shape index (κ3) is 2.97. The quantitative estimate of drug-likeness (QED) is 0.726.